The quantitative estimate of drug-likeness (QED) is 0.625. The molecule has 1 fully saturated rings. The van der Waals surface area contributed by atoms with Gasteiger partial charge in [-0.25, -0.2) is 13.4 Å². The Morgan fingerprint density at radius 1 is 1.29 bits per heavy atom. The summed E-state index contributed by atoms with van der Waals surface area (Å²) in [7, 11) is -3.86. The molecule has 0 aliphatic carbocycles. The summed E-state index contributed by atoms with van der Waals surface area (Å²) in [5.74, 6) is 0.793. The van der Waals surface area contributed by atoms with E-state index in [1.807, 2.05) is 20.8 Å². The van der Waals surface area contributed by atoms with Crippen LogP contribution < -0.4 is 0 Å². The minimum Gasteiger partial charge on any atom is -0.378 e. The summed E-state index contributed by atoms with van der Waals surface area (Å²) in [5, 5.41) is 8.50. The summed E-state index contributed by atoms with van der Waals surface area (Å²) >= 11 is 0. The van der Waals surface area contributed by atoms with E-state index in [0.29, 0.717) is 34.9 Å². The van der Waals surface area contributed by atoms with Crippen LogP contribution in [0, 0.1) is 0 Å². The van der Waals surface area contributed by atoms with Crippen LogP contribution in [0.2, 0.25) is 0 Å². The maximum absolute atomic E-state index is 13.4. The fraction of sp³-hybridized carbons (Fsp3) is 0.529. The SMILES string of the molecule is CCc1noc2ncc(S(=O)(=O)N3CCOCC3c3noc(C(C)C)n3)cc12. The summed E-state index contributed by atoms with van der Waals surface area (Å²) in [6.45, 7) is 6.38. The lowest BCUT2D eigenvalue weighted by molar-refractivity contribution is 0.0282. The fourth-order valence-electron chi connectivity index (χ4n) is 3.09. The van der Waals surface area contributed by atoms with Crippen LogP contribution in [0.5, 0.6) is 0 Å². The molecule has 3 aromatic heterocycles. The smallest absolute Gasteiger partial charge is 0.258 e. The van der Waals surface area contributed by atoms with Gasteiger partial charge in [0.2, 0.25) is 15.9 Å². The van der Waals surface area contributed by atoms with Crippen molar-refractivity contribution in [3.05, 3.63) is 29.7 Å². The van der Waals surface area contributed by atoms with Gasteiger partial charge >= 0.3 is 0 Å². The summed E-state index contributed by atoms with van der Waals surface area (Å²) in [6.07, 6.45) is 1.89. The number of aromatic nitrogens is 4. The van der Waals surface area contributed by atoms with E-state index in [-0.39, 0.29) is 30.6 Å². The average Bonchev–Trinajstić information content (AvgIpc) is 3.34. The highest BCUT2D eigenvalue weighted by Crippen LogP contribution is 2.31. The molecule has 10 nitrogen and oxygen atoms in total. The van der Waals surface area contributed by atoms with Crippen molar-refractivity contribution in [1.29, 1.82) is 0 Å². The Morgan fingerprint density at radius 2 is 2.11 bits per heavy atom. The Balaban J connectivity index is 1.73. The van der Waals surface area contributed by atoms with Crippen LogP contribution in [-0.4, -0.2) is 52.8 Å². The number of rotatable bonds is 5. The number of hydrogen-bond acceptors (Lipinski definition) is 9. The molecule has 3 aromatic rings. The van der Waals surface area contributed by atoms with Crippen LogP contribution in [0.15, 0.2) is 26.2 Å². The Kier molecular flexibility index (Phi) is 4.89. The number of aryl methyl sites for hydroxylation is 1. The molecule has 0 spiro atoms. The molecular weight excluding hydrogens is 386 g/mol. The number of morpholine rings is 1. The van der Waals surface area contributed by atoms with Gasteiger partial charge in [-0.15, -0.1) is 0 Å². The van der Waals surface area contributed by atoms with Crippen molar-refractivity contribution in [1.82, 2.24) is 24.6 Å². The van der Waals surface area contributed by atoms with E-state index in [4.69, 9.17) is 13.8 Å². The van der Waals surface area contributed by atoms with Crippen LogP contribution >= 0.6 is 0 Å². The molecule has 11 heteroatoms. The molecule has 0 aromatic carbocycles. The van der Waals surface area contributed by atoms with E-state index in [0.717, 1.165) is 0 Å². The second-order valence-corrected chi connectivity index (χ2v) is 8.75. The number of fused-ring (bicyclic) bond motifs is 1. The first kappa shape index (κ1) is 19.0. The van der Waals surface area contributed by atoms with Crippen molar-refractivity contribution in [3.63, 3.8) is 0 Å². The maximum Gasteiger partial charge on any atom is 0.258 e. The summed E-state index contributed by atoms with van der Waals surface area (Å²) in [4.78, 5) is 8.54. The van der Waals surface area contributed by atoms with E-state index < -0.39 is 16.1 Å². The van der Waals surface area contributed by atoms with Crippen LogP contribution in [0.25, 0.3) is 11.1 Å². The third kappa shape index (κ3) is 3.19. The zero-order valence-corrected chi connectivity index (χ0v) is 16.6. The van der Waals surface area contributed by atoms with Crippen molar-refractivity contribution in [2.45, 2.75) is 44.0 Å². The number of ether oxygens (including phenoxy) is 1. The first-order valence-corrected chi connectivity index (χ1v) is 10.5. The van der Waals surface area contributed by atoms with Gasteiger partial charge in [0.1, 0.15) is 10.9 Å². The molecule has 1 unspecified atom stereocenters. The summed E-state index contributed by atoms with van der Waals surface area (Å²) < 4.78 is 44.0. The van der Waals surface area contributed by atoms with Crippen LogP contribution in [0.3, 0.4) is 0 Å². The van der Waals surface area contributed by atoms with Crippen LogP contribution in [0.4, 0.5) is 0 Å². The third-order valence-electron chi connectivity index (χ3n) is 4.65. The lowest BCUT2D eigenvalue weighted by Gasteiger charge is -2.32. The predicted octanol–water partition coefficient (Wildman–Crippen LogP) is 2.05. The molecular formula is C17H21N5O5S. The Hall–Kier alpha value is -2.37. The summed E-state index contributed by atoms with van der Waals surface area (Å²) in [6, 6.07) is 0.883. The molecule has 1 aliphatic rings. The maximum atomic E-state index is 13.4. The van der Waals surface area contributed by atoms with Crippen molar-refractivity contribution in [3.8, 4) is 0 Å². The topological polar surface area (TPSA) is 124 Å². The predicted molar refractivity (Wildman–Crippen MR) is 97.0 cm³/mol. The van der Waals surface area contributed by atoms with Gasteiger partial charge in [0.25, 0.3) is 5.71 Å². The second-order valence-electron chi connectivity index (χ2n) is 6.86. The molecule has 0 N–H and O–H groups in total. The molecule has 0 amide bonds. The minimum absolute atomic E-state index is 0.0449. The van der Waals surface area contributed by atoms with E-state index in [2.05, 4.69) is 20.3 Å². The molecule has 0 bridgehead atoms. The molecule has 1 aliphatic heterocycles. The highest BCUT2D eigenvalue weighted by Gasteiger charge is 2.38. The first-order valence-electron chi connectivity index (χ1n) is 9.09. The largest absolute Gasteiger partial charge is 0.378 e. The van der Waals surface area contributed by atoms with Gasteiger partial charge in [-0.3, -0.25) is 0 Å². The van der Waals surface area contributed by atoms with E-state index in [1.165, 1.54) is 10.5 Å². The Bertz CT molecular complexity index is 1090. The average molecular weight is 407 g/mol. The zero-order chi connectivity index (χ0) is 19.9. The molecule has 0 radical (unpaired) electrons. The number of pyridine rings is 1. The van der Waals surface area contributed by atoms with E-state index in [1.54, 1.807) is 6.07 Å². The van der Waals surface area contributed by atoms with Gasteiger partial charge in [-0.2, -0.15) is 9.29 Å². The third-order valence-corrected chi connectivity index (χ3v) is 6.52. The van der Waals surface area contributed by atoms with Gasteiger partial charge in [0, 0.05) is 12.5 Å². The van der Waals surface area contributed by atoms with Crippen molar-refractivity contribution >= 4 is 21.1 Å². The standard InChI is InChI=1S/C17H21N5O5S/c1-4-13-12-7-11(8-18-17(12)27-20-13)28(23,24)22-5-6-25-9-14(22)15-19-16(10(2)3)26-21-15/h7-8,10,14H,4-6,9H2,1-3H3. The van der Waals surface area contributed by atoms with Gasteiger partial charge in [-0.05, 0) is 12.5 Å². The molecule has 1 saturated heterocycles. The van der Waals surface area contributed by atoms with Crippen molar-refractivity contribution in [2.24, 2.45) is 0 Å². The first-order chi connectivity index (χ1) is 13.4. The minimum atomic E-state index is -3.86. The Morgan fingerprint density at radius 3 is 2.82 bits per heavy atom. The normalized spacial score (nSPS) is 18.9. The number of nitrogens with zero attached hydrogens (tertiary/aromatic N) is 5. The van der Waals surface area contributed by atoms with Crippen molar-refractivity contribution < 1.29 is 22.2 Å². The fourth-order valence-corrected chi connectivity index (χ4v) is 4.62. The van der Waals surface area contributed by atoms with Crippen molar-refractivity contribution in [2.75, 3.05) is 19.8 Å². The second kappa shape index (κ2) is 7.22. The van der Waals surface area contributed by atoms with Crippen LogP contribution in [-0.2, 0) is 21.2 Å². The van der Waals surface area contributed by atoms with E-state index >= 15 is 0 Å². The lowest BCUT2D eigenvalue weighted by atomic mass is 10.2. The lowest BCUT2D eigenvalue weighted by Crippen LogP contribution is -2.43. The molecule has 150 valence electrons. The zero-order valence-electron chi connectivity index (χ0n) is 15.8. The monoisotopic (exact) mass is 407 g/mol. The van der Waals surface area contributed by atoms with E-state index in [9.17, 15) is 8.42 Å². The van der Waals surface area contributed by atoms with Crippen LogP contribution in [0.1, 0.15) is 50.1 Å². The highest BCUT2D eigenvalue weighted by atomic mass is 32.2. The summed E-state index contributed by atoms with van der Waals surface area (Å²) in [5.41, 5.74) is 0.979. The number of hydrogen-bond donors (Lipinski definition) is 0. The van der Waals surface area contributed by atoms with Gasteiger partial charge < -0.3 is 13.8 Å². The molecule has 4 heterocycles. The Labute approximate surface area is 161 Å². The molecule has 28 heavy (non-hydrogen) atoms. The molecule has 4 rings (SSSR count). The molecule has 1 atom stereocenters. The highest BCUT2D eigenvalue weighted by molar-refractivity contribution is 7.89. The van der Waals surface area contributed by atoms with Gasteiger partial charge in [-0.1, -0.05) is 31.1 Å². The number of sulfonamides is 1. The van der Waals surface area contributed by atoms with Gasteiger partial charge in [0.05, 0.1) is 30.5 Å². The van der Waals surface area contributed by atoms with Gasteiger partial charge in [0.15, 0.2) is 5.82 Å². The molecule has 0 saturated carbocycles.